The van der Waals surface area contributed by atoms with Crippen LogP contribution in [0.2, 0.25) is 0 Å². The molecule has 0 spiro atoms. The van der Waals surface area contributed by atoms with Gasteiger partial charge in [0.15, 0.2) is 11.5 Å². The van der Waals surface area contributed by atoms with Crippen molar-refractivity contribution in [1.29, 1.82) is 0 Å². The molecule has 5 aromatic rings. The van der Waals surface area contributed by atoms with Crippen molar-refractivity contribution in [2.24, 2.45) is 0 Å². The number of allylic oxidation sites excluding steroid dienone is 2. The summed E-state index contributed by atoms with van der Waals surface area (Å²) in [5.41, 5.74) is 14.3. The highest BCUT2D eigenvalue weighted by Gasteiger charge is 2.37. The van der Waals surface area contributed by atoms with Gasteiger partial charge in [0.25, 0.3) is 0 Å². The van der Waals surface area contributed by atoms with E-state index in [2.05, 4.69) is 69.4 Å². The van der Waals surface area contributed by atoms with Gasteiger partial charge in [0.2, 0.25) is 5.78 Å². The summed E-state index contributed by atoms with van der Waals surface area (Å²) in [7, 11) is 2.06. The minimum atomic E-state index is 0.0934. The highest BCUT2D eigenvalue weighted by Crippen LogP contribution is 2.39. The standard InChI is InChI=1S/C36H35N7OS/c1-23-32(44)31(33(23)45-3)41(2)26-17-20-42(21-18-26)22-24-11-13-27(14-12-24)43-35(28-10-7-19-38-34(28)37)40-30-16-15-29(39-36(30)43)25-8-5-4-6-9-25/h4-16,19,26H,1,17-18,20-22H2,2-3H3,(H2,37,38). The molecule has 4 heterocycles. The van der Waals surface area contributed by atoms with E-state index in [1.54, 1.807) is 18.0 Å². The first-order valence-electron chi connectivity index (χ1n) is 15.2. The van der Waals surface area contributed by atoms with Gasteiger partial charge >= 0.3 is 0 Å². The van der Waals surface area contributed by atoms with Crippen LogP contribution in [0.4, 0.5) is 5.82 Å². The number of Topliss-reactive ketones (excluding diaryl/α,β-unsaturated/α-hetero) is 1. The number of anilines is 1. The highest BCUT2D eigenvalue weighted by atomic mass is 32.2. The maximum absolute atomic E-state index is 12.5. The number of carbonyl (C=O) groups is 1. The summed E-state index contributed by atoms with van der Waals surface area (Å²) in [6, 6.07) is 27.0. The molecule has 226 valence electrons. The van der Waals surface area contributed by atoms with Gasteiger partial charge in [-0.05, 0) is 61.1 Å². The van der Waals surface area contributed by atoms with Crippen LogP contribution in [-0.4, -0.2) is 67.5 Å². The van der Waals surface area contributed by atoms with E-state index >= 15 is 0 Å². The van der Waals surface area contributed by atoms with E-state index in [0.29, 0.717) is 23.3 Å². The third-order valence-electron chi connectivity index (χ3n) is 8.89. The number of likely N-dealkylation sites (N-methyl/N-ethyl adjacent to an activating group) is 1. The van der Waals surface area contributed by atoms with Gasteiger partial charge in [0, 0.05) is 60.6 Å². The van der Waals surface area contributed by atoms with Crippen molar-refractivity contribution in [3.8, 4) is 28.3 Å². The maximum Gasteiger partial charge on any atom is 0.210 e. The molecule has 9 heteroatoms. The molecule has 0 amide bonds. The number of hydrogen-bond acceptors (Lipinski definition) is 8. The number of pyridine rings is 2. The van der Waals surface area contributed by atoms with Crippen molar-refractivity contribution >= 4 is 34.5 Å². The van der Waals surface area contributed by atoms with E-state index in [0.717, 1.165) is 76.8 Å². The molecule has 0 unspecified atom stereocenters. The maximum atomic E-state index is 12.5. The Kier molecular flexibility index (Phi) is 7.73. The Morgan fingerprint density at radius 2 is 1.73 bits per heavy atom. The zero-order valence-corrected chi connectivity index (χ0v) is 26.3. The fourth-order valence-corrected chi connectivity index (χ4v) is 7.15. The van der Waals surface area contributed by atoms with Gasteiger partial charge in [0.1, 0.15) is 11.3 Å². The number of likely N-dealkylation sites (tertiary alicyclic amines) is 1. The normalized spacial score (nSPS) is 16.0. The van der Waals surface area contributed by atoms with Gasteiger partial charge in [-0.15, -0.1) is 11.8 Å². The van der Waals surface area contributed by atoms with Crippen molar-refractivity contribution in [1.82, 2.24) is 29.3 Å². The van der Waals surface area contributed by atoms with Crippen LogP contribution >= 0.6 is 11.8 Å². The molecule has 1 aliphatic carbocycles. The van der Waals surface area contributed by atoms with Crippen molar-refractivity contribution in [2.45, 2.75) is 25.4 Å². The van der Waals surface area contributed by atoms with Crippen LogP contribution in [0.3, 0.4) is 0 Å². The molecule has 8 nitrogen and oxygen atoms in total. The molecule has 45 heavy (non-hydrogen) atoms. The number of piperidine rings is 1. The lowest BCUT2D eigenvalue weighted by atomic mass is 9.93. The van der Waals surface area contributed by atoms with Crippen molar-refractivity contribution in [3.63, 3.8) is 0 Å². The van der Waals surface area contributed by atoms with E-state index in [1.807, 2.05) is 48.7 Å². The Morgan fingerprint density at radius 1 is 0.978 bits per heavy atom. The van der Waals surface area contributed by atoms with Crippen LogP contribution in [0.25, 0.3) is 39.5 Å². The average Bonchev–Trinajstić information content (AvgIpc) is 3.46. The Balaban J connectivity index is 1.13. The third kappa shape index (κ3) is 5.32. The smallest absolute Gasteiger partial charge is 0.210 e. The summed E-state index contributed by atoms with van der Waals surface area (Å²) in [6.45, 7) is 6.76. The summed E-state index contributed by atoms with van der Waals surface area (Å²) in [4.78, 5) is 32.6. The summed E-state index contributed by atoms with van der Waals surface area (Å²) in [5.74, 6) is 1.23. The summed E-state index contributed by atoms with van der Waals surface area (Å²) in [6.07, 6.45) is 5.74. The van der Waals surface area contributed by atoms with Gasteiger partial charge in [-0.25, -0.2) is 15.0 Å². The SMILES string of the molecule is C=C1C(=O)C(N(C)C2CCN(Cc3ccc(-n4c(-c5cccnc5N)nc5ccc(-c6ccccc6)nc54)cc3)CC2)=C1SC. The van der Waals surface area contributed by atoms with Crippen LogP contribution in [0.1, 0.15) is 18.4 Å². The number of rotatable bonds is 8. The second-order valence-corrected chi connectivity index (χ2v) is 12.4. The van der Waals surface area contributed by atoms with E-state index < -0.39 is 0 Å². The Morgan fingerprint density at radius 3 is 2.44 bits per heavy atom. The van der Waals surface area contributed by atoms with Crippen molar-refractivity contribution in [3.05, 3.63) is 113 Å². The van der Waals surface area contributed by atoms with Crippen LogP contribution in [0.5, 0.6) is 0 Å². The van der Waals surface area contributed by atoms with Gasteiger partial charge in [-0.3, -0.25) is 14.3 Å². The molecular weight excluding hydrogens is 579 g/mol. The van der Waals surface area contributed by atoms with E-state index in [-0.39, 0.29) is 5.78 Å². The van der Waals surface area contributed by atoms with Gasteiger partial charge in [-0.1, -0.05) is 49.0 Å². The van der Waals surface area contributed by atoms with E-state index in [1.165, 1.54) is 5.56 Å². The number of nitrogen functional groups attached to an aromatic ring is 1. The number of hydrogen-bond donors (Lipinski definition) is 1. The number of carbonyl (C=O) groups excluding carboxylic acids is 1. The fourth-order valence-electron chi connectivity index (χ4n) is 6.38. The molecule has 7 rings (SSSR count). The van der Waals surface area contributed by atoms with Crippen LogP contribution in [0.15, 0.2) is 108 Å². The molecular formula is C36H35N7OS. The molecule has 2 aromatic carbocycles. The second-order valence-electron chi connectivity index (χ2n) is 11.6. The molecule has 0 atom stereocenters. The predicted molar refractivity (Wildman–Crippen MR) is 183 cm³/mol. The fraction of sp³-hybridized carbons (Fsp3) is 0.222. The number of fused-ring (bicyclic) bond motifs is 1. The van der Waals surface area contributed by atoms with E-state index in [4.69, 9.17) is 15.7 Å². The first-order valence-corrected chi connectivity index (χ1v) is 16.4. The number of aromatic nitrogens is 4. The number of ketones is 1. The quantitative estimate of drug-likeness (QED) is 0.203. The number of benzene rings is 2. The second kappa shape index (κ2) is 12.0. The molecule has 0 radical (unpaired) electrons. The lowest BCUT2D eigenvalue weighted by Gasteiger charge is -2.41. The monoisotopic (exact) mass is 613 g/mol. The summed E-state index contributed by atoms with van der Waals surface area (Å²) < 4.78 is 2.08. The topological polar surface area (TPSA) is 93.2 Å². The lowest BCUT2D eigenvalue weighted by molar-refractivity contribution is -0.114. The molecule has 2 N–H and O–H groups in total. The van der Waals surface area contributed by atoms with Crippen LogP contribution in [0, 0.1) is 0 Å². The number of imidazole rings is 1. The van der Waals surface area contributed by atoms with Crippen molar-refractivity contribution < 1.29 is 4.79 Å². The number of nitrogens with zero attached hydrogens (tertiary/aromatic N) is 6. The van der Waals surface area contributed by atoms with Crippen LogP contribution in [-0.2, 0) is 11.3 Å². The first kappa shape index (κ1) is 29.0. The first-order chi connectivity index (χ1) is 21.9. The minimum Gasteiger partial charge on any atom is -0.383 e. The van der Waals surface area contributed by atoms with Crippen LogP contribution < -0.4 is 5.73 Å². The molecule has 1 saturated heterocycles. The van der Waals surface area contributed by atoms with Gasteiger partial charge in [0.05, 0.1) is 17.0 Å². The van der Waals surface area contributed by atoms with Crippen molar-refractivity contribution in [2.75, 3.05) is 32.1 Å². The Hall–Kier alpha value is -4.73. The zero-order chi connectivity index (χ0) is 31.1. The Bertz CT molecular complexity index is 1940. The summed E-state index contributed by atoms with van der Waals surface area (Å²) >= 11 is 1.61. The number of nitrogens with two attached hydrogens (primary N) is 1. The minimum absolute atomic E-state index is 0.0934. The molecule has 0 bridgehead atoms. The van der Waals surface area contributed by atoms with E-state index in [9.17, 15) is 4.79 Å². The molecule has 1 fully saturated rings. The zero-order valence-electron chi connectivity index (χ0n) is 25.5. The summed E-state index contributed by atoms with van der Waals surface area (Å²) in [5, 5.41) is 0. The largest absolute Gasteiger partial charge is 0.383 e. The predicted octanol–water partition coefficient (Wildman–Crippen LogP) is 6.34. The molecule has 0 saturated carbocycles. The number of thioether (sulfide) groups is 1. The van der Waals surface area contributed by atoms with Gasteiger partial charge in [-0.2, -0.15) is 0 Å². The Labute approximate surface area is 267 Å². The van der Waals surface area contributed by atoms with Gasteiger partial charge < -0.3 is 10.6 Å². The molecule has 3 aromatic heterocycles. The highest BCUT2D eigenvalue weighted by molar-refractivity contribution is 8.02. The average molecular weight is 614 g/mol. The lowest BCUT2D eigenvalue weighted by Crippen LogP contribution is -2.46. The molecule has 2 aliphatic rings. The third-order valence-corrected chi connectivity index (χ3v) is 9.74. The molecule has 1 aliphatic heterocycles.